The van der Waals surface area contributed by atoms with Gasteiger partial charge in [0.25, 0.3) is 0 Å². The van der Waals surface area contributed by atoms with Crippen LogP contribution in [0.15, 0.2) is 35.4 Å². The number of carbonyl (C=O) groups is 1. The lowest BCUT2D eigenvalue weighted by atomic mass is 10.0. The number of carbonyl (C=O) groups excluding carboxylic acids is 1. The number of esters is 1. The lowest BCUT2D eigenvalue weighted by Gasteiger charge is -2.17. The van der Waals surface area contributed by atoms with Crippen molar-refractivity contribution >= 4 is 5.97 Å². The number of rotatable bonds is 5. The second-order valence-electron chi connectivity index (χ2n) is 3.26. The normalized spacial score (nSPS) is 13.3. The summed E-state index contributed by atoms with van der Waals surface area (Å²) in [4.78, 5) is 14.1. The third kappa shape index (κ3) is 3.48. The molecule has 0 saturated heterocycles. The van der Waals surface area contributed by atoms with Crippen LogP contribution < -0.4 is 0 Å². The SMILES string of the molecule is CCOC(=O)[C@@H](N=[N+]=[N-])[C@@H](O)c1ccccc1. The number of aliphatic hydroxyl groups excluding tert-OH is 1. The third-order valence-corrected chi connectivity index (χ3v) is 2.14. The van der Waals surface area contributed by atoms with E-state index in [2.05, 4.69) is 10.0 Å². The molecule has 0 amide bonds. The van der Waals surface area contributed by atoms with Crippen molar-refractivity contribution in [3.8, 4) is 0 Å². The smallest absolute Gasteiger partial charge is 0.317 e. The predicted octanol–water partition coefficient (Wildman–Crippen LogP) is 1.96. The zero-order chi connectivity index (χ0) is 12.7. The molecule has 0 aromatic heterocycles. The Kier molecular flexibility index (Phi) is 5.00. The summed E-state index contributed by atoms with van der Waals surface area (Å²) in [5, 5.41) is 13.2. The zero-order valence-electron chi connectivity index (χ0n) is 9.35. The molecule has 0 heterocycles. The van der Waals surface area contributed by atoms with Crippen molar-refractivity contribution in [2.24, 2.45) is 5.11 Å². The largest absolute Gasteiger partial charge is 0.466 e. The molecule has 0 bridgehead atoms. The van der Waals surface area contributed by atoms with E-state index < -0.39 is 18.1 Å². The van der Waals surface area contributed by atoms with Gasteiger partial charge in [-0.2, -0.15) is 0 Å². The summed E-state index contributed by atoms with van der Waals surface area (Å²) in [6.07, 6.45) is -1.20. The number of benzene rings is 1. The van der Waals surface area contributed by atoms with Crippen LogP contribution in [-0.4, -0.2) is 23.7 Å². The minimum Gasteiger partial charge on any atom is -0.466 e. The molecule has 1 aromatic carbocycles. The second-order valence-corrected chi connectivity index (χ2v) is 3.26. The quantitative estimate of drug-likeness (QED) is 0.365. The van der Waals surface area contributed by atoms with Gasteiger partial charge in [-0.05, 0) is 18.0 Å². The molecular formula is C11H13N3O3. The van der Waals surface area contributed by atoms with E-state index in [0.29, 0.717) is 5.56 Å². The van der Waals surface area contributed by atoms with Gasteiger partial charge in [-0.25, -0.2) is 0 Å². The van der Waals surface area contributed by atoms with E-state index in [0.717, 1.165) is 0 Å². The van der Waals surface area contributed by atoms with Gasteiger partial charge in [0, 0.05) is 4.91 Å². The topological polar surface area (TPSA) is 95.3 Å². The van der Waals surface area contributed by atoms with Crippen LogP contribution in [0.1, 0.15) is 18.6 Å². The molecule has 1 rings (SSSR count). The molecule has 17 heavy (non-hydrogen) atoms. The molecule has 0 radical (unpaired) electrons. The first-order valence-electron chi connectivity index (χ1n) is 5.14. The first-order valence-corrected chi connectivity index (χ1v) is 5.14. The fraction of sp³-hybridized carbons (Fsp3) is 0.364. The number of ether oxygens (including phenoxy) is 1. The molecule has 1 N–H and O–H groups in total. The average molecular weight is 235 g/mol. The number of hydrogen-bond donors (Lipinski definition) is 1. The number of nitrogens with zero attached hydrogens (tertiary/aromatic N) is 3. The van der Waals surface area contributed by atoms with Gasteiger partial charge in [0.15, 0.2) is 6.04 Å². The van der Waals surface area contributed by atoms with E-state index >= 15 is 0 Å². The van der Waals surface area contributed by atoms with Gasteiger partial charge < -0.3 is 9.84 Å². The number of azide groups is 1. The minimum absolute atomic E-state index is 0.164. The Bertz CT molecular complexity index is 415. The summed E-state index contributed by atoms with van der Waals surface area (Å²) < 4.78 is 4.74. The molecule has 0 aliphatic heterocycles. The summed E-state index contributed by atoms with van der Waals surface area (Å²) in [7, 11) is 0. The highest BCUT2D eigenvalue weighted by atomic mass is 16.5. The van der Waals surface area contributed by atoms with E-state index in [1.165, 1.54) is 0 Å². The second kappa shape index (κ2) is 6.52. The van der Waals surface area contributed by atoms with Gasteiger partial charge >= 0.3 is 5.97 Å². The van der Waals surface area contributed by atoms with Gasteiger partial charge in [0.05, 0.1) is 12.7 Å². The van der Waals surface area contributed by atoms with Gasteiger partial charge in [0.2, 0.25) is 0 Å². The summed E-state index contributed by atoms with van der Waals surface area (Å²) in [5.41, 5.74) is 8.89. The Morgan fingerprint density at radius 1 is 1.53 bits per heavy atom. The van der Waals surface area contributed by atoms with Gasteiger partial charge in [-0.1, -0.05) is 35.4 Å². The van der Waals surface area contributed by atoms with Crippen LogP contribution in [0.3, 0.4) is 0 Å². The predicted molar refractivity (Wildman–Crippen MR) is 61.0 cm³/mol. The van der Waals surface area contributed by atoms with E-state index in [9.17, 15) is 9.90 Å². The molecule has 0 saturated carbocycles. The summed E-state index contributed by atoms with van der Waals surface area (Å²) in [5.74, 6) is -0.735. The summed E-state index contributed by atoms with van der Waals surface area (Å²) in [6, 6.07) is 7.24. The Balaban J connectivity index is 2.91. The minimum atomic E-state index is -1.26. The molecule has 2 atom stereocenters. The zero-order valence-corrected chi connectivity index (χ0v) is 9.35. The van der Waals surface area contributed by atoms with Gasteiger partial charge in [-0.15, -0.1) is 0 Å². The molecule has 1 aromatic rings. The highest BCUT2D eigenvalue weighted by molar-refractivity contribution is 5.77. The lowest BCUT2D eigenvalue weighted by molar-refractivity contribution is -0.147. The van der Waals surface area contributed by atoms with Crippen LogP contribution in [0.2, 0.25) is 0 Å². The van der Waals surface area contributed by atoms with E-state index in [1.54, 1.807) is 37.3 Å². The summed E-state index contributed by atoms with van der Waals surface area (Å²) in [6.45, 7) is 1.80. The Morgan fingerprint density at radius 2 is 2.18 bits per heavy atom. The number of hydrogen-bond acceptors (Lipinski definition) is 4. The highest BCUT2D eigenvalue weighted by Crippen LogP contribution is 2.20. The fourth-order valence-electron chi connectivity index (χ4n) is 1.35. The van der Waals surface area contributed by atoms with Crippen molar-refractivity contribution in [1.29, 1.82) is 0 Å². The molecule has 0 spiro atoms. The first-order chi connectivity index (χ1) is 8.20. The molecule has 6 heteroatoms. The highest BCUT2D eigenvalue weighted by Gasteiger charge is 2.28. The Labute approximate surface area is 98.5 Å². The van der Waals surface area contributed by atoms with E-state index in [1.807, 2.05) is 0 Å². The molecule has 90 valence electrons. The maximum Gasteiger partial charge on any atom is 0.317 e. The first kappa shape index (κ1) is 13.0. The van der Waals surface area contributed by atoms with Gasteiger partial charge in [0.1, 0.15) is 0 Å². The Hall–Kier alpha value is -2.04. The molecule has 0 fully saturated rings. The van der Waals surface area contributed by atoms with Crippen LogP contribution in [0.5, 0.6) is 0 Å². The van der Waals surface area contributed by atoms with Crippen molar-refractivity contribution < 1.29 is 14.6 Å². The van der Waals surface area contributed by atoms with Gasteiger partial charge in [-0.3, -0.25) is 4.79 Å². The van der Waals surface area contributed by atoms with Crippen molar-refractivity contribution in [3.05, 3.63) is 46.3 Å². The van der Waals surface area contributed by atoms with Crippen LogP contribution in [0.25, 0.3) is 10.4 Å². The van der Waals surface area contributed by atoms with Crippen molar-refractivity contribution in [1.82, 2.24) is 0 Å². The van der Waals surface area contributed by atoms with E-state index in [4.69, 9.17) is 10.3 Å². The monoisotopic (exact) mass is 235 g/mol. The number of aliphatic hydroxyl groups is 1. The maximum atomic E-state index is 11.5. The molecule has 6 nitrogen and oxygen atoms in total. The molecule has 0 aliphatic rings. The van der Waals surface area contributed by atoms with Crippen LogP contribution >= 0.6 is 0 Å². The Morgan fingerprint density at radius 3 is 2.71 bits per heavy atom. The molecule has 0 unspecified atom stereocenters. The van der Waals surface area contributed by atoms with Crippen molar-refractivity contribution in [2.75, 3.05) is 6.61 Å². The molecular weight excluding hydrogens is 222 g/mol. The van der Waals surface area contributed by atoms with Crippen LogP contribution in [0.4, 0.5) is 0 Å². The third-order valence-electron chi connectivity index (χ3n) is 2.14. The molecule has 0 aliphatic carbocycles. The summed E-state index contributed by atoms with van der Waals surface area (Å²) >= 11 is 0. The van der Waals surface area contributed by atoms with Crippen molar-refractivity contribution in [2.45, 2.75) is 19.1 Å². The van der Waals surface area contributed by atoms with Crippen LogP contribution in [0, 0.1) is 0 Å². The average Bonchev–Trinajstić information content (AvgIpc) is 2.36. The maximum absolute atomic E-state index is 11.5. The van der Waals surface area contributed by atoms with Crippen molar-refractivity contribution in [3.63, 3.8) is 0 Å². The van der Waals surface area contributed by atoms with Crippen LogP contribution in [-0.2, 0) is 9.53 Å². The van der Waals surface area contributed by atoms with E-state index in [-0.39, 0.29) is 6.61 Å². The lowest BCUT2D eigenvalue weighted by Crippen LogP contribution is -2.28. The fourth-order valence-corrected chi connectivity index (χ4v) is 1.35. The standard InChI is InChI=1S/C11H13N3O3/c1-2-17-11(16)9(13-14-12)10(15)8-6-4-3-5-7-8/h3-7,9-10,15H,2H2,1H3/t9-,10-/m0/s1.